The summed E-state index contributed by atoms with van der Waals surface area (Å²) in [6, 6.07) is 8.18. The van der Waals surface area contributed by atoms with Crippen molar-refractivity contribution >= 4 is 5.69 Å². The summed E-state index contributed by atoms with van der Waals surface area (Å²) < 4.78 is 5.41. The molecular formula is C17H30N2O. The predicted molar refractivity (Wildman–Crippen MR) is 87.5 cm³/mol. The van der Waals surface area contributed by atoms with Gasteiger partial charge >= 0.3 is 0 Å². The number of nitrogens with two attached hydrogens (primary N) is 1. The van der Waals surface area contributed by atoms with E-state index >= 15 is 0 Å². The van der Waals surface area contributed by atoms with Crippen molar-refractivity contribution in [3.8, 4) is 5.75 Å². The van der Waals surface area contributed by atoms with Crippen LogP contribution in [0.5, 0.6) is 5.75 Å². The molecule has 0 aromatic heterocycles. The van der Waals surface area contributed by atoms with Crippen LogP contribution in [-0.4, -0.2) is 27.2 Å². The van der Waals surface area contributed by atoms with E-state index in [9.17, 15) is 0 Å². The molecule has 0 aliphatic heterocycles. The highest BCUT2D eigenvalue weighted by atomic mass is 16.5. The van der Waals surface area contributed by atoms with Gasteiger partial charge in [0.2, 0.25) is 0 Å². The molecule has 0 heterocycles. The Hall–Kier alpha value is -1.22. The standard InChI is InChI=1S/C17H30N2O/c1-14(2)15(11-12-18)8-7-13-19(3)16-9-5-6-10-17(16)20-4/h5-6,9-10,14-15H,7-8,11-13,18H2,1-4H3. The van der Waals surface area contributed by atoms with E-state index in [1.165, 1.54) is 12.8 Å². The normalized spacial score (nSPS) is 12.5. The molecule has 0 radical (unpaired) electrons. The Labute approximate surface area is 124 Å². The van der Waals surface area contributed by atoms with Gasteiger partial charge in [0.25, 0.3) is 0 Å². The van der Waals surface area contributed by atoms with Gasteiger partial charge in [-0.25, -0.2) is 0 Å². The Morgan fingerprint density at radius 2 is 1.90 bits per heavy atom. The Morgan fingerprint density at radius 1 is 1.20 bits per heavy atom. The third-order valence-corrected chi connectivity index (χ3v) is 4.05. The lowest BCUT2D eigenvalue weighted by Crippen LogP contribution is -2.21. The summed E-state index contributed by atoms with van der Waals surface area (Å²) in [5, 5.41) is 0. The van der Waals surface area contributed by atoms with E-state index in [-0.39, 0.29) is 0 Å². The number of ether oxygens (including phenoxy) is 1. The minimum Gasteiger partial charge on any atom is -0.495 e. The van der Waals surface area contributed by atoms with Crippen molar-refractivity contribution in [1.29, 1.82) is 0 Å². The van der Waals surface area contributed by atoms with E-state index in [2.05, 4.69) is 37.9 Å². The first kappa shape index (κ1) is 16.8. The van der Waals surface area contributed by atoms with Gasteiger partial charge in [-0.1, -0.05) is 26.0 Å². The third-order valence-electron chi connectivity index (χ3n) is 4.05. The first-order chi connectivity index (χ1) is 9.60. The number of methoxy groups -OCH3 is 1. The molecule has 2 N–H and O–H groups in total. The first-order valence-electron chi connectivity index (χ1n) is 7.64. The Balaban J connectivity index is 2.48. The fourth-order valence-electron chi connectivity index (χ4n) is 2.68. The minimum absolute atomic E-state index is 0.718. The lowest BCUT2D eigenvalue weighted by atomic mass is 9.88. The summed E-state index contributed by atoms with van der Waals surface area (Å²) in [5.41, 5.74) is 6.86. The van der Waals surface area contributed by atoms with Crippen LogP contribution < -0.4 is 15.4 Å². The van der Waals surface area contributed by atoms with Crippen LogP contribution in [0, 0.1) is 11.8 Å². The quantitative estimate of drug-likeness (QED) is 0.751. The lowest BCUT2D eigenvalue weighted by molar-refractivity contribution is 0.334. The van der Waals surface area contributed by atoms with E-state index in [1.807, 2.05) is 12.1 Å². The predicted octanol–water partition coefficient (Wildman–Crippen LogP) is 3.53. The van der Waals surface area contributed by atoms with Gasteiger partial charge in [0.1, 0.15) is 5.75 Å². The molecule has 20 heavy (non-hydrogen) atoms. The monoisotopic (exact) mass is 278 g/mol. The number of hydrogen-bond donors (Lipinski definition) is 1. The maximum Gasteiger partial charge on any atom is 0.142 e. The number of nitrogens with zero attached hydrogens (tertiary/aromatic N) is 1. The van der Waals surface area contributed by atoms with Crippen molar-refractivity contribution < 1.29 is 4.74 Å². The highest BCUT2D eigenvalue weighted by Gasteiger charge is 2.13. The molecule has 1 aromatic rings. The maximum absolute atomic E-state index is 5.70. The van der Waals surface area contributed by atoms with Crippen LogP contribution in [0.15, 0.2) is 24.3 Å². The van der Waals surface area contributed by atoms with Crippen LogP contribution in [0.2, 0.25) is 0 Å². The van der Waals surface area contributed by atoms with Crippen molar-refractivity contribution in [2.75, 3.05) is 32.1 Å². The van der Waals surface area contributed by atoms with Crippen molar-refractivity contribution in [2.24, 2.45) is 17.6 Å². The fraction of sp³-hybridized carbons (Fsp3) is 0.647. The molecule has 0 fully saturated rings. The van der Waals surface area contributed by atoms with Crippen LogP contribution in [0.4, 0.5) is 5.69 Å². The van der Waals surface area contributed by atoms with Gasteiger partial charge in [0.05, 0.1) is 12.8 Å². The van der Waals surface area contributed by atoms with Gasteiger partial charge in [0.15, 0.2) is 0 Å². The first-order valence-corrected chi connectivity index (χ1v) is 7.64. The van der Waals surface area contributed by atoms with E-state index in [1.54, 1.807) is 7.11 Å². The highest BCUT2D eigenvalue weighted by Crippen LogP contribution is 2.27. The van der Waals surface area contributed by atoms with Crippen LogP contribution in [0.25, 0.3) is 0 Å². The number of rotatable bonds is 9. The zero-order chi connectivity index (χ0) is 15.0. The van der Waals surface area contributed by atoms with Gasteiger partial charge < -0.3 is 15.4 Å². The Bertz CT molecular complexity index is 379. The van der Waals surface area contributed by atoms with Gasteiger partial charge in [0, 0.05) is 13.6 Å². The van der Waals surface area contributed by atoms with Gasteiger partial charge in [-0.05, 0) is 49.8 Å². The lowest BCUT2D eigenvalue weighted by Gasteiger charge is -2.24. The number of anilines is 1. The van der Waals surface area contributed by atoms with Crippen molar-refractivity contribution in [3.05, 3.63) is 24.3 Å². The van der Waals surface area contributed by atoms with E-state index in [4.69, 9.17) is 10.5 Å². The van der Waals surface area contributed by atoms with Crippen LogP contribution in [-0.2, 0) is 0 Å². The molecule has 1 atom stereocenters. The summed E-state index contributed by atoms with van der Waals surface area (Å²) in [5.74, 6) is 2.40. The highest BCUT2D eigenvalue weighted by molar-refractivity contribution is 5.57. The SMILES string of the molecule is COc1ccccc1N(C)CCCC(CCN)C(C)C. The molecule has 0 saturated heterocycles. The summed E-state index contributed by atoms with van der Waals surface area (Å²) in [7, 11) is 3.86. The zero-order valence-corrected chi connectivity index (χ0v) is 13.4. The molecule has 1 rings (SSSR count). The van der Waals surface area contributed by atoms with Crippen LogP contribution >= 0.6 is 0 Å². The molecule has 3 heteroatoms. The van der Waals surface area contributed by atoms with E-state index in [0.717, 1.165) is 42.8 Å². The van der Waals surface area contributed by atoms with Crippen LogP contribution in [0.1, 0.15) is 33.1 Å². The summed E-state index contributed by atoms with van der Waals surface area (Å²) in [6.07, 6.45) is 3.57. The molecule has 3 nitrogen and oxygen atoms in total. The second-order valence-corrected chi connectivity index (χ2v) is 5.82. The molecule has 0 aliphatic rings. The van der Waals surface area contributed by atoms with Crippen molar-refractivity contribution in [2.45, 2.75) is 33.1 Å². The molecule has 0 bridgehead atoms. The summed E-state index contributed by atoms with van der Waals surface area (Å²) in [4.78, 5) is 2.28. The van der Waals surface area contributed by atoms with Gasteiger partial charge in [-0.2, -0.15) is 0 Å². The average molecular weight is 278 g/mol. The fourth-order valence-corrected chi connectivity index (χ4v) is 2.68. The molecule has 0 amide bonds. The summed E-state index contributed by atoms with van der Waals surface area (Å²) >= 11 is 0. The Morgan fingerprint density at radius 3 is 2.50 bits per heavy atom. The van der Waals surface area contributed by atoms with Gasteiger partial charge in [-0.3, -0.25) is 0 Å². The third kappa shape index (κ3) is 5.04. The smallest absolute Gasteiger partial charge is 0.142 e. The van der Waals surface area contributed by atoms with Crippen molar-refractivity contribution in [1.82, 2.24) is 0 Å². The topological polar surface area (TPSA) is 38.5 Å². The number of benzene rings is 1. The largest absolute Gasteiger partial charge is 0.495 e. The molecule has 1 aromatic carbocycles. The number of hydrogen-bond acceptors (Lipinski definition) is 3. The molecule has 1 unspecified atom stereocenters. The molecular weight excluding hydrogens is 248 g/mol. The van der Waals surface area contributed by atoms with Crippen LogP contribution in [0.3, 0.4) is 0 Å². The second-order valence-electron chi connectivity index (χ2n) is 5.82. The maximum atomic E-state index is 5.70. The molecule has 0 aliphatic carbocycles. The molecule has 0 saturated carbocycles. The zero-order valence-electron chi connectivity index (χ0n) is 13.4. The van der Waals surface area contributed by atoms with E-state index < -0.39 is 0 Å². The van der Waals surface area contributed by atoms with Crippen molar-refractivity contribution in [3.63, 3.8) is 0 Å². The Kier molecular flexibility index (Phi) is 7.45. The molecule has 114 valence electrons. The number of para-hydroxylation sites is 2. The molecule has 0 spiro atoms. The second kappa shape index (κ2) is 8.85. The minimum atomic E-state index is 0.718. The van der Waals surface area contributed by atoms with Gasteiger partial charge in [-0.15, -0.1) is 0 Å². The summed E-state index contributed by atoms with van der Waals surface area (Å²) in [6.45, 7) is 6.44. The average Bonchev–Trinajstić information content (AvgIpc) is 2.45. The van der Waals surface area contributed by atoms with E-state index in [0.29, 0.717) is 0 Å².